The molecule has 0 unspecified atom stereocenters. The second-order valence-electron chi connectivity index (χ2n) is 7.96. The number of benzene rings is 4. The zero-order valence-corrected chi connectivity index (χ0v) is 17.2. The van der Waals surface area contributed by atoms with Crippen LogP contribution in [-0.2, 0) is 0 Å². The largest absolute Gasteiger partial charge is 0.496 e. The number of hydrazone groups is 1. The summed E-state index contributed by atoms with van der Waals surface area (Å²) in [6, 6.07) is 31.4. The highest BCUT2D eigenvalue weighted by atomic mass is 16.5. The number of para-hydroxylation sites is 2. The normalized spacial score (nSPS) is 19.4. The summed E-state index contributed by atoms with van der Waals surface area (Å²) >= 11 is 0. The van der Waals surface area contributed by atoms with Gasteiger partial charge in [0.05, 0.1) is 24.4 Å². The monoisotopic (exact) mass is 406 g/mol. The molecule has 0 aliphatic carbocycles. The van der Waals surface area contributed by atoms with Crippen molar-refractivity contribution in [2.75, 3.05) is 7.11 Å². The van der Waals surface area contributed by atoms with Gasteiger partial charge in [0, 0.05) is 12.0 Å². The summed E-state index contributed by atoms with van der Waals surface area (Å²) in [6.45, 7) is 0. The van der Waals surface area contributed by atoms with Gasteiger partial charge in [-0.15, -0.1) is 0 Å². The highest BCUT2D eigenvalue weighted by Crippen LogP contribution is 2.48. The molecule has 4 aromatic carbocycles. The standard InChI is InChI=1S/C27H22N2O2/c1-30-25-12-6-5-11-22(25)27-29-24(21-10-4-7-13-26(21)31-27)17-23(28-29)20-15-14-18-8-2-3-9-19(18)16-20/h2-16,24,27H,17H2,1H3/t24-,27-/m1/s1. The molecule has 31 heavy (non-hydrogen) atoms. The van der Waals surface area contributed by atoms with Crippen LogP contribution in [0.2, 0.25) is 0 Å². The highest BCUT2D eigenvalue weighted by Gasteiger charge is 2.41. The van der Waals surface area contributed by atoms with Crippen LogP contribution in [0.3, 0.4) is 0 Å². The number of methoxy groups -OCH3 is 1. The van der Waals surface area contributed by atoms with Gasteiger partial charge in [-0.05, 0) is 40.6 Å². The van der Waals surface area contributed by atoms with E-state index in [9.17, 15) is 0 Å². The first-order chi connectivity index (χ1) is 15.3. The highest BCUT2D eigenvalue weighted by molar-refractivity contribution is 6.04. The Labute approximate surface area is 181 Å². The lowest BCUT2D eigenvalue weighted by atomic mass is 9.95. The predicted molar refractivity (Wildman–Crippen MR) is 122 cm³/mol. The number of rotatable bonds is 3. The quantitative estimate of drug-likeness (QED) is 0.413. The van der Waals surface area contributed by atoms with E-state index in [2.05, 4.69) is 65.7 Å². The van der Waals surface area contributed by atoms with E-state index in [4.69, 9.17) is 14.6 Å². The first-order valence-corrected chi connectivity index (χ1v) is 10.6. The molecular formula is C27H22N2O2. The molecule has 0 aromatic heterocycles. The molecular weight excluding hydrogens is 384 g/mol. The smallest absolute Gasteiger partial charge is 0.217 e. The van der Waals surface area contributed by atoms with Crippen molar-refractivity contribution in [3.63, 3.8) is 0 Å². The number of hydrogen-bond acceptors (Lipinski definition) is 4. The lowest BCUT2D eigenvalue weighted by molar-refractivity contribution is -0.0203. The molecule has 4 heteroatoms. The molecule has 0 spiro atoms. The molecule has 0 fully saturated rings. The van der Waals surface area contributed by atoms with Gasteiger partial charge in [0.15, 0.2) is 0 Å². The molecule has 0 amide bonds. The van der Waals surface area contributed by atoms with E-state index >= 15 is 0 Å². The maximum atomic E-state index is 6.47. The second-order valence-corrected chi connectivity index (χ2v) is 7.96. The Morgan fingerprint density at radius 2 is 1.58 bits per heavy atom. The lowest BCUT2D eigenvalue weighted by Crippen LogP contribution is -2.33. The first kappa shape index (κ1) is 18.0. The van der Waals surface area contributed by atoms with Crippen molar-refractivity contribution in [1.29, 1.82) is 0 Å². The first-order valence-electron chi connectivity index (χ1n) is 10.6. The summed E-state index contributed by atoms with van der Waals surface area (Å²) < 4.78 is 12.1. The van der Waals surface area contributed by atoms with Crippen LogP contribution in [0.1, 0.15) is 35.4 Å². The Hall–Kier alpha value is -3.79. The predicted octanol–water partition coefficient (Wildman–Crippen LogP) is 6.09. The Kier molecular flexibility index (Phi) is 4.17. The lowest BCUT2D eigenvalue weighted by Gasteiger charge is -2.38. The van der Waals surface area contributed by atoms with Gasteiger partial charge in [0.1, 0.15) is 11.5 Å². The summed E-state index contributed by atoms with van der Waals surface area (Å²) in [6.07, 6.45) is 0.499. The molecule has 2 aliphatic rings. The average molecular weight is 406 g/mol. The van der Waals surface area contributed by atoms with Gasteiger partial charge >= 0.3 is 0 Å². The molecule has 152 valence electrons. The third kappa shape index (κ3) is 2.95. The van der Waals surface area contributed by atoms with Gasteiger partial charge in [0.25, 0.3) is 0 Å². The number of hydrogen-bond donors (Lipinski definition) is 0. The minimum Gasteiger partial charge on any atom is -0.496 e. The van der Waals surface area contributed by atoms with Crippen molar-refractivity contribution in [3.8, 4) is 11.5 Å². The van der Waals surface area contributed by atoms with Gasteiger partial charge in [-0.2, -0.15) is 5.10 Å². The molecule has 0 bridgehead atoms. The van der Waals surface area contributed by atoms with Crippen molar-refractivity contribution >= 4 is 16.5 Å². The Morgan fingerprint density at radius 3 is 2.45 bits per heavy atom. The molecule has 0 saturated heterocycles. The molecule has 4 nitrogen and oxygen atoms in total. The molecule has 0 saturated carbocycles. The van der Waals surface area contributed by atoms with Crippen LogP contribution < -0.4 is 9.47 Å². The van der Waals surface area contributed by atoms with Crippen LogP contribution in [0.15, 0.2) is 96.1 Å². The number of ether oxygens (including phenoxy) is 2. The Bertz CT molecular complexity index is 1310. The maximum absolute atomic E-state index is 6.47. The molecule has 0 N–H and O–H groups in total. The van der Waals surface area contributed by atoms with E-state index in [1.54, 1.807) is 7.11 Å². The minimum absolute atomic E-state index is 0.126. The SMILES string of the molecule is COc1ccccc1[C@H]1Oc2ccccc2[C@H]2CC(c3ccc4ccccc4c3)=NN21. The van der Waals surface area contributed by atoms with Crippen LogP contribution in [0.25, 0.3) is 10.8 Å². The summed E-state index contributed by atoms with van der Waals surface area (Å²) in [5.74, 6) is 1.72. The van der Waals surface area contributed by atoms with Crippen LogP contribution in [0, 0.1) is 0 Å². The van der Waals surface area contributed by atoms with Gasteiger partial charge in [-0.25, -0.2) is 5.01 Å². The molecule has 4 aromatic rings. The fourth-order valence-electron chi connectivity index (χ4n) is 4.65. The van der Waals surface area contributed by atoms with Crippen molar-refractivity contribution in [2.24, 2.45) is 5.10 Å². The van der Waals surface area contributed by atoms with E-state index in [0.717, 1.165) is 34.8 Å². The average Bonchev–Trinajstić information content (AvgIpc) is 3.29. The van der Waals surface area contributed by atoms with Crippen molar-refractivity contribution in [3.05, 3.63) is 108 Å². The van der Waals surface area contributed by atoms with Gasteiger partial charge < -0.3 is 9.47 Å². The van der Waals surface area contributed by atoms with Crippen molar-refractivity contribution in [1.82, 2.24) is 5.01 Å². The van der Waals surface area contributed by atoms with Crippen LogP contribution in [0.5, 0.6) is 11.5 Å². The number of fused-ring (bicyclic) bond motifs is 4. The fraction of sp³-hybridized carbons (Fsp3) is 0.148. The zero-order valence-electron chi connectivity index (χ0n) is 17.2. The van der Waals surface area contributed by atoms with E-state index in [1.807, 2.05) is 30.3 Å². The second kappa shape index (κ2) is 7.17. The van der Waals surface area contributed by atoms with E-state index in [-0.39, 0.29) is 12.3 Å². The molecule has 2 aliphatic heterocycles. The summed E-state index contributed by atoms with van der Waals surface area (Å²) in [5.41, 5.74) is 4.39. The number of nitrogens with zero attached hydrogens (tertiary/aromatic N) is 2. The van der Waals surface area contributed by atoms with E-state index in [0.29, 0.717) is 0 Å². The summed E-state index contributed by atoms with van der Waals surface area (Å²) in [4.78, 5) is 0. The van der Waals surface area contributed by atoms with Crippen LogP contribution >= 0.6 is 0 Å². The Balaban J connectivity index is 1.46. The van der Waals surface area contributed by atoms with Crippen molar-refractivity contribution in [2.45, 2.75) is 18.7 Å². The van der Waals surface area contributed by atoms with Gasteiger partial charge in [-0.3, -0.25) is 0 Å². The Morgan fingerprint density at radius 1 is 0.839 bits per heavy atom. The molecule has 2 heterocycles. The van der Waals surface area contributed by atoms with Crippen LogP contribution in [-0.4, -0.2) is 17.8 Å². The zero-order chi connectivity index (χ0) is 20.8. The maximum Gasteiger partial charge on any atom is 0.217 e. The van der Waals surface area contributed by atoms with E-state index in [1.165, 1.54) is 16.3 Å². The molecule has 2 atom stereocenters. The third-order valence-electron chi connectivity index (χ3n) is 6.19. The van der Waals surface area contributed by atoms with Crippen LogP contribution in [0.4, 0.5) is 0 Å². The van der Waals surface area contributed by atoms with Crippen molar-refractivity contribution < 1.29 is 9.47 Å². The third-order valence-corrected chi connectivity index (χ3v) is 6.19. The summed E-state index contributed by atoms with van der Waals surface area (Å²) in [5, 5.41) is 9.66. The summed E-state index contributed by atoms with van der Waals surface area (Å²) in [7, 11) is 1.70. The fourth-order valence-corrected chi connectivity index (χ4v) is 4.65. The van der Waals surface area contributed by atoms with Gasteiger partial charge in [0.2, 0.25) is 6.23 Å². The topological polar surface area (TPSA) is 34.1 Å². The van der Waals surface area contributed by atoms with E-state index < -0.39 is 0 Å². The minimum atomic E-state index is -0.339. The van der Waals surface area contributed by atoms with Gasteiger partial charge in [-0.1, -0.05) is 66.7 Å². The molecule has 0 radical (unpaired) electrons. The molecule has 6 rings (SSSR count).